The maximum absolute atomic E-state index is 10.1. The van der Waals surface area contributed by atoms with Crippen LogP contribution in [0.1, 0.15) is 38.8 Å². The summed E-state index contributed by atoms with van der Waals surface area (Å²) in [6, 6.07) is 3.66. The molecule has 0 heterocycles. The lowest BCUT2D eigenvalue weighted by Gasteiger charge is -2.28. The van der Waals surface area contributed by atoms with Gasteiger partial charge in [0.1, 0.15) is 0 Å². The van der Waals surface area contributed by atoms with Crippen molar-refractivity contribution in [3.05, 3.63) is 32.2 Å². The number of hydrogen-bond donors (Lipinski definition) is 2. The zero-order valence-corrected chi connectivity index (χ0v) is 13.0. The fourth-order valence-corrected chi connectivity index (χ4v) is 2.25. The van der Waals surface area contributed by atoms with E-state index in [9.17, 15) is 10.2 Å². The first kappa shape index (κ1) is 14.2. The quantitative estimate of drug-likeness (QED) is 0.853. The molecule has 0 saturated heterocycles. The van der Waals surface area contributed by atoms with Crippen LogP contribution in [0.2, 0.25) is 0 Å². The third-order valence-corrected chi connectivity index (χ3v) is 4.22. The van der Waals surface area contributed by atoms with Crippen LogP contribution in [0.3, 0.4) is 0 Å². The van der Waals surface area contributed by atoms with Crippen molar-refractivity contribution < 1.29 is 10.2 Å². The van der Waals surface area contributed by atoms with Crippen LogP contribution in [-0.4, -0.2) is 10.2 Å². The van der Waals surface area contributed by atoms with E-state index in [0.717, 1.165) is 20.1 Å². The van der Waals surface area contributed by atoms with Gasteiger partial charge >= 0.3 is 0 Å². The SMILES string of the molecule is CC(C)(O)c1cc(Br)c(Br)cc1C(C)(C)O. The number of hydrogen-bond acceptors (Lipinski definition) is 2. The fraction of sp³-hybridized carbons (Fsp3) is 0.500. The molecule has 1 aromatic rings. The Morgan fingerprint density at radius 2 is 1.06 bits per heavy atom. The lowest BCUT2D eigenvalue weighted by molar-refractivity contribution is 0.0523. The van der Waals surface area contributed by atoms with Gasteiger partial charge in [0.05, 0.1) is 11.2 Å². The zero-order valence-electron chi connectivity index (χ0n) is 9.81. The molecule has 4 heteroatoms. The number of halogens is 2. The average Bonchev–Trinajstić information content (AvgIpc) is 2.05. The Bertz CT molecular complexity index is 362. The van der Waals surface area contributed by atoms with Gasteiger partial charge in [0, 0.05) is 8.95 Å². The summed E-state index contributed by atoms with van der Waals surface area (Å²) in [4.78, 5) is 0. The molecule has 1 rings (SSSR count). The molecule has 0 unspecified atom stereocenters. The smallest absolute Gasteiger partial charge is 0.0844 e. The summed E-state index contributed by atoms with van der Waals surface area (Å²) in [6.45, 7) is 6.83. The van der Waals surface area contributed by atoms with Crippen LogP contribution in [0.4, 0.5) is 0 Å². The van der Waals surface area contributed by atoms with E-state index in [4.69, 9.17) is 0 Å². The van der Waals surface area contributed by atoms with E-state index in [1.807, 2.05) is 12.1 Å². The summed E-state index contributed by atoms with van der Waals surface area (Å²) >= 11 is 6.80. The van der Waals surface area contributed by atoms with E-state index in [-0.39, 0.29) is 0 Å². The number of benzene rings is 1. The third-order valence-electron chi connectivity index (χ3n) is 2.38. The maximum Gasteiger partial charge on any atom is 0.0844 e. The molecule has 90 valence electrons. The average molecular weight is 352 g/mol. The second-order valence-electron chi connectivity index (χ2n) is 4.93. The van der Waals surface area contributed by atoms with Gasteiger partial charge in [0.15, 0.2) is 0 Å². The monoisotopic (exact) mass is 350 g/mol. The van der Waals surface area contributed by atoms with Crippen LogP contribution < -0.4 is 0 Å². The first-order valence-electron chi connectivity index (χ1n) is 4.98. The van der Waals surface area contributed by atoms with Gasteiger partial charge in [-0.1, -0.05) is 0 Å². The van der Waals surface area contributed by atoms with Gasteiger partial charge in [-0.15, -0.1) is 0 Å². The molecule has 0 spiro atoms. The highest BCUT2D eigenvalue weighted by Gasteiger charge is 2.28. The van der Waals surface area contributed by atoms with Gasteiger partial charge in [0.2, 0.25) is 0 Å². The molecule has 0 bridgehead atoms. The van der Waals surface area contributed by atoms with Crippen molar-refractivity contribution in [1.29, 1.82) is 0 Å². The summed E-state index contributed by atoms with van der Waals surface area (Å²) in [5, 5.41) is 20.2. The molecule has 1 aromatic carbocycles. The summed E-state index contributed by atoms with van der Waals surface area (Å²) in [6.07, 6.45) is 0. The van der Waals surface area contributed by atoms with E-state index in [2.05, 4.69) is 31.9 Å². The Kier molecular flexibility index (Phi) is 3.90. The summed E-state index contributed by atoms with van der Waals surface area (Å²) < 4.78 is 1.72. The Balaban J connectivity index is 3.53. The fourth-order valence-electron chi connectivity index (χ4n) is 1.56. The van der Waals surface area contributed by atoms with Crippen molar-refractivity contribution in [3.63, 3.8) is 0 Å². The molecule has 0 aromatic heterocycles. The Morgan fingerprint density at radius 3 is 1.25 bits per heavy atom. The van der Waals surface area contributed by atoms with Crippen molar-refractivity contribution in [2.24, 2.45) is 0 Å². The molecule has 2 nitrogen and oxygen atoms in total. The minimum Gasteiger partial charge on any atom is -0.386 e. The molecule has 0 amide bonds. The predicted octanol–water partition coefficient (Wildman–Crippen LogP) is 3.67. The molecule has 0 fully saturated rings. The lowest BCUT2D eigenvalue weighted by Crippen LogP contribution is -2.25. The van der Waals surface area contributed by atoms with Gasteiger partial charge in [-0.25, -0.2) is 0 Å². The van der Waals surface area contributed by atoms with E-state index in [1.165, 1.54) is 0 Å². The first-order chi connectivity index (χ1) is 7.03. The highest BCUT2D eigenvalue weighted by molar-refractivity contribution is 9.13. The van der Waals surface area contributed by atoms with Crippen LogP contribution >= 0.6 is 31.9 Å². The Labute approximate surface area is 113 Å². The molecular formula is C12H16Br2O2. The second-order valence-corrected chi connectivity index (χ2v) is 6.64. The first-order valence-corrected chi connectivity index (χ1v) is 6.57. The molecule has 0 saturated carbocycles. The van der Waals surface area contributed by atoms with Crippen molar-refractivity contribution in [2.45, 2.75) is 38.9 Å². The molecule has 0 aliphatic carbocycles. The minimum atomic E-state index is -0.988. The van der Waals surface area contributed by atoms with Crippen molar-refractivity contribution in [2.75, 3.05) is 0 Å². The molecule has 2 N–H and O–H groups in total. The van der Waals surface area contributed by atoms with Gasteiger partial charge < -0.3 is 10.2 Å². The highest BCUT2D eigenvalue weighted by atomic mass is 79.9. The van der Waals surface area contributed by atoms with Gasteiger partial charge in [-0.05, 0) is 82.8 Å². The third kappa shape index (κ3) is 3.06. The molecule has 0 radical (unpaired) electrons. The predicted molar refractivity (Wildman–Crippen MR) is 72.3 cm³/mol. The maximum atomic E-state index is 10.1. The van der Waals surface area contributed by atoms with Crippen LogP contribution in [0.25, 0.3) is 0 Å². The molecular weight excluding hydrogens is 336 g/mol. The van der Waals surface area contributed by atoms with E-state index < -0.39 is 11.2 Å². The molecule has 0 atom stereocenters. The van der Waals surface area contributed by atoms with Crippen molar-refractivity contribution in [1.82, 2.24) is 0 Å². The standard InChI is InChI=1S/C12H16Br2O2/c1-11(2,15)7-5-9(13)10(14)6-8(7)12(3,4)16/h5-6,15-16H,1-4H3. The topological polar surface area (TPSA) is 40.5 Å². The highest BCUT2D eigenvalue weighted by Crippen LogP contribution is 2.37. The lowest BCUT2D eigenvalue weighted by atomic mass is 9.86. The van der Waals surface area contributed by atoms with Crippen LogP contribution in [0.5, 0.6) is 0 Å². The Morgan fingerprint density at radius 1 is 0.812 bits per heavy atom. The number of aliphatic hydroxyl groups is 2. The van der Waals surface area contributed by atoms with Crippen molar-refractivity contribution >= 4 is 31.9 Å². The molecule has 0 aliphatic heterocycles. The summed E-state index contributed by atoms with van der Waals surface area (Å²) in [5.41, 5.74) is -0.540. The zero-order chi connectivity index (χ0) is 12.7. The molecule has 0 aliphatic rings. The molecule has 16 heavy (non-hydrogen) atoms. The van der Waals surface area contributed by atoms with Gasteiger partial charge in [0.25, 0.3) is 0 Å². The number of rotatable bonds is 2. The van der Waals surface area contributed by atoms with Crippen LogP contribution in [0, 0.1) is 0 Å². The van der Waals surface area contributed by atoms with Gasteiger partial charge in [-0.2, -0.15) is 0 Å². The van der Waals surface area contributed by atoms with Crippen LogP contribution in [-0.2, 0) is 11.2 Å². The van der Waals surface area contributed by atoms with Crippen molar-refractivity contribution in [3.8, 4) is 0 Å². The minimum absolute atomic E-state index is 0.718. The van der Waals surface area contributed by atoms with Crippen LogP contribution in [0.15, 0.2) is 21.1 Å². The summed E-state index contributed by atoms with van der Waals surface area (Å²) in [7, 11) is 0. The van der Waals surface area contributed by atoms with E-state index >= 15 is 0 Å². The summed E-state index contributed by atoms with van der Waals surface area (Å²) in [5.74, 6) is 0. The van der Waals surface area contributed by atoms with Gasteiger partial charge in [-0.3, -0.25) is 0 Å². The Hall–Kier alpha value is 0.1000. The largest absolute Gasteiger partial charge is 0.386 e. The van der Waals surface area contributed by atoms with E-state index in [1.54, 1.807) is 27.7 Å². The van der Waals surface area contributed by atoms with E-state index in [0.29, 0.717) is 0 Å². The second kappa shape index (κ2) is 4.41. The normalized spacial score (nSPS) is 13.0.